The molecule has 2 aromatic carbocycles. The van der Waals surface area contributed by atoms with E-state index in [4.69, 9.17) is 11.6 Å². The van der Waals surface area contributed by atoms with Crippen molar-refractivity contribution in [1.29, 1.82) is 0 Å². The highest BCUT2D eigenvalue weighted by atomic mass is 35.5. The van der Waals surface area contributed by atoms with Crippen LogP contribution in [0.25, 0.3) is 0 Å². The Morgan fingerprint density at radius 2 is 1.63 bits per heavy atom. The molecule has 0 aliphatic rings. The third-order valence-electron chi connectivity index (χ3n) is 2.56. The van der Waals surface area contributed by atoms with E-state index >= 15 is 0 Å². The molecule has 0 amide bonds. The lowest BCUT2D eigenvalue weighted by Crippen LogP contribution is -2.00. The molecule has 2 aromatic rings. The second-order valence-corrected chi connectivity index (χ2v) is 5.77. The van der Waals surface area contributed by atoms with Gasteiger partial charge in [-0.1, -0.05) is 11.6 Å². The second kappa shape index (κ2) is 6.10. The van der Waals surface area contributed by atoms with Gasteiger partial charge in [0.05, 0.1) is 0 Å². The van der Waals surface area contributed by atoms with Crippen LogP contribution in [-0.2, 0) is 11.2 Å². The average molecular weight is 294 g/mol. The highest BCUT2D eigenvalue weighted by molar-refractivity contribution is 7.90. The fraction of sp³-hybridized carbons (Fsp3) is 0.0714. The van der Waals surface area contributed by atoms with Crippen molar-refractivity contribution in [3.63, 3.8) is 0 Å². The van der Waals surface area contributed by atoms with Gasteiger partial charge in [0.2, 0.25) is 5.69 Å². The first-order chi connectivity index (χ1) is 9.06. The van der Waals surface area contributed by atoms with Gasteiger partial charge in [0.1, 0.15) is 6.26 Å². The van der Waals surface area contributed by atoms with E-state index in [2.05, 4.69) is 0 Å². The van der Waals surface area contributed by atoms with Gasteiger partial charge in [-0.15, -0.1) is 0 Å². The summed E-state index contributed by atoms with van der Waals surface area (Å²) >= 11 is 4.74. The Hall–Kier alpha value is -1.49. The lowest BCUT2D eigenvalue weighted by atomic mass is 10.2. The van der Waals surface area contributed by atoms with Crippen molar-refractivity contribution >= 4 is 34.7 Å². The monoisotopic (exact) mass is 293 g/mol. The molecular formula is C14H12ClNO2S. The molecule has 0 saturated carbocycles. The van der Waals surface area contributed by atoms with Crippen LogP contribution >= 0.6 is 11.6 Å². The van der Waals surface area contributed by atoms with E-state index in [1.165, 1.54) is 6.21 Å². The van der Waals surface area contributed by atoms with Crippen molar-refractivity contribution in [2.24, 2.45) is 0 Å². The van der Waals surface area contributed by atoms with Crippen LogP contribution in [0.1, 0.15) is 5.56 Å². The van der Waals surface area contributed by atoms with Crippen LogP contribution in [0.3, 0.4) is 0 Å². The fourth-order valence-electron chi connectivity index (χ4n) is 1.54. The van der Waals surface area contributed by atoms with Crippen LogP contribution in [-0.4, -0.2) is 21.8 Å². The summed E-state index contributed by atoms with van der Waals surface area (Å²) in [6, 6.07) is 13.7. The van der Waals surface area contributed by atoms with Gasteiger partial charge in [-0.25, -0.2) is 0 Å². The van der Waals surface area contributed by atoms with Crippen LogP contribution < -0.4 is 0 Å². The molecule has 98 valence electrons. The zero-order valence-corrected chi connectivity index (χ0v) is 11.8. The molecule has 3 nitrogen and oxygen atoms in total. The maximum absolute atomic E-state index is 11.9. The summed E-state index contributed by atoms with van der Waals surface area (Å²) in [4.78, 5) is 0.698. The van der Waals surface area contributed by atoms with E-state index in [-0.39, 0.29) is 0 Å². The lowest BCUT2D eigenvalue weighted by molar-refractivity contribution is -0.354. The van der Waals surface area contributed by atoms with E-state index in [0.717, 1.165) is 10.3 Å². The number of hydrogen-bond donors (Lipinski definition) is 0. The van der Waals surface area contributed by atoms with Crippen LogP contribution in [0, 0.1) is 5.21 Å². The van der Waals surface area contributed by atoms with Crippen LogP contribution in [0.5, 0.6) is 0 Å². The first-order valence-electron chi connectivity index (χ1n) is 5.56. The molecule has 0 bridgehead atoms. The number of nitrogens with zero attached hydrogens (tertiary/aromatic N) is 1. The standard InChI is InChI=1S/C14H12ClNO2S/c1-19(18)14-8-6-13(7-9-14)16(17)10-11-2-4-12(15)5-3-11/h2-10H,1H3. The van der Waals surface area contributed by atoms with Gasteiger partial charge in [0.15, 0.2) is 11.1 Å². The van der Waals surface area contributed by atoms with E-state index in [1.807, 2.05) is 0 Å². The summed E-state index contributed by atoms with van der Waals surface area (Å²) < 4.78 is 12.0. The van der Waals surface area contributed by atoms with Gasteiger partial charge in [0, 0.05) is 22.7 Å². The third kappa shape index (κ3) is 3.73. The molecule has 2 rings (SSSR count). The Bertz CT molecular complexity index is 579. The molecule has 0 aliphatic carbocycles. The van der Waals surface area contributed by atoms with Gasteiger partial charge in [-0.2, -0.15) is 4.74 Å². The van der Waals surface area contributed by atoms with Crippen molar-refractivity contribution in [2.75, 3.05) is 6.26 Å². The Kier molecular flexibility index (Phi) is 4.47. The first kappa shape index (κ1) is 13.9. The number of benzene rings is 2. The molecule has 1 unspecified atom stereocenters. The van der Waals surface area contributed by atoms with Crippen molar-refractivity contribution in [3.8, 4) is 0 Å². The number of rotatable bonds is 3. The van der Waals surface area contributed by atoms with Crippen molar-refractivity contribution < 1.29 is 9.29 Å². The fourth-order valence-corrected chi connectivity index (χ4v) is 2.19. The quantitative estimate of drug-likeness (QED) is 0.286. The zero-order chi connectivity index (χ0) is 13.8. The van der Waals surface area contributed by atoms with Crippen molar-refractivity contribution in [1.82, 2.24) is 0 Å². The minimum Gasteiger partial charge on any atom is -0.618 e. The largest absolute Gasteiger partial charge is 0.618 e. The molecule has 5 heteroatoms. The van der Waals surface area contributed by atoms with E-state index in [0.29, 0.717) is 15.6 Å². The van der Waals surface area contributed by atoms with Gasteiger partial charge in [-0.05, 0) is 47.6 Å². The molecule has 0 spiro atoms. The predicted octanol–water partition coefficient (Wildman–Crippen LogP) is 3.34. The summed E-state index contributed by atoms with van der Waals surface area (Å²) in [7, 11) is 0. The predicted molar refractivity (Wildman–Crippen MR) is 78.7 cm³/mol. The number of hydrogen-bond acceptors (Lipinski definition) is 2. The normalized spacial score (nSPS) is 13.3. The molecule has 0 N–H and O–H groups in total. The van der Waals surface area contributed by atoms with Crippen LogP contribution in [0.2, 0.25) is 5.02 Å². The summed E-state index contributed by atoms with van der Waals surface area (Å²) in [6.07, 6.45) is 3.07. The third-order valence-corrected chi connectivity index (χ3v) is 3.75. The Labute approximate surface area is 119 Å². The summed E-state index contributed by atoms with van der Waals surface area (Å²) in [5.74, 6) is 0. The van der Waals surface area contributed by atoms with Crippen molar-refractivity contribution in [3.05, 3.63) is 64.3 Å². The molecule has 0 aliphatic heterocycles. The maximum Gasteiger partial charge on any atom is 0.216 e. The molecule has 0 heterocycles. The smallest absolute Gasteiger partial charge is 0.216 e. The molecular weight excluding hydrogens is 282 g/mol. The first-order valence-corrected chi connectivity index (χ1v) is 7.50. The van der Waals surface area contributed by atoms with Gasteiger partial charge in [0.25, 0.3) is 0 Å². The Balaban J connectivity index is 2.23. The molecule has 1 atom stereocenters. The molecule has 0 aromatic heterocycles. The summed E-state index contributed by atoms with van der Waals surface area (Å²) in [5, 5.41) is 12.6. The zero-order valence-electron chi connectivity index (χ0n) is 10.2. The Morgan fingerprint density at radius 3 is 2.16 bits per heavy atom. The second-order valence-electron chi connectivity index (χ2n) is 3.95. The maximum atomic E-state index is 11.9. The Morgan fingerprint density at radius 1 is 1.05 bits per heavy atom. The topological polar surface area (TPSA) is 49.1 Å². The van der Waals surface area contributed by atoms with E-state index < -0.39 is 11.2 Å². The van der Waals surface area contributed by atoms with E-state index in [1.54, 1.807) is 54.8 Å². The SMILES string of the molecule is C[S+]([O-])c1ccc([N+]([O-])=Cc2ccc(Cl)cc2)cc1. The summed E-state index contributed by atoms with van der Waals surface area (Å²) in [6.45, 7) is 0. The minimum absolute atomic E-state index is 0.490. The number of halogens is 1. The highest BCUT2D eigenvalue weighted by Gasteiger charge is 2.07. The summed E-state index contributed by atoms with van der Waals surface area (Å²) in [5.41, 5.74) is 1.26. The molecule has 19 heavy (non-hydrogen) atoms. The van der Waals surface area contributed by atoms with E-state index in [9.17, 15) is 9.76 Å². The van der Waals surface area contributed by atoms with Gasteiger partial charge in [-0.3, -0.25) is 0 Å². The van der Waals surface area contributed by atoms with Crippen molar-refractivity contribution in [2.45, 2.75) is 4.90 Å². The molecule has 0 saturated heterocycles. The average Bonchev–Trinajstić information content (AvgIpc) is 2.41. The van der Waals surface area contributed by atoms with Gasteiger partial charge < -0.3 is 9.76 Å². The van der Waals surface area contributed by atoms with Crippen LogP contribution in [0.15, 0.2) is 53.4 Å². The van der Waals surface area contributed by atoms with Crippen LogP contribution in [0.4, 0.5) is 5.69 Å². The lowest BCUT2D eigenvalue weighted by Gasteiger charge is -2.05. The van der Waals surface area contributed by atoms with Gasteiger partial charge >= 0.3 is 0 Å². The molecule has 0 radical (unpaired) electrons. The highest BCUT2D eigenvalue weighted by Crippen LogP contribution is 2.16. The molecule has 0 fully saturated rings. The minimum atomic E-state index is -1.04.